The minimum atomic E-state index is -4.85. The van der Waals surface area contributed by atoms with Gasteiger partial charge in [-0.1, -0.05) is 6.07 Å². The largest absolute Gasteiger partial charge is 0.467 e. The summed E-state index contributed by atoms with van der Waals surface area (Å²) in [5, 5.41) is 2.34. The maximum atomic E-state index is 13.1. The SMILES string of the molecule is COC(=O)C(C)(C)NC(=O)Cc1ccc(F)c(C(F)(F)F)c1. The fourth-order valence-corrected chi connectivity index (χ4v) is 1.78. The fraction of sp³-hybridized carbons (Fsp3) is 0.429. The zero-order valence-electron chi connectivity index (χ0n) is 12.2. The van der Waals surface area contributed by atoms with Crippen LogP contribution in [-0.2, 0) is 26.9 Å². The number of rotatable bonds is 4. The summed E-state index contributed by atoms with van der Waals surface area (Å²) < 4.78 is 55.4. The van der Waals surface area contributed by atoms with Gasteiger partial charge in [-0.3, -0.25) is 4.79 Å². The molecule has 0 spiro atoms. The molecule has 0 aromatic heterocycles. The summed E-state index contributed by atoms with van der Waals surface area (Å²) in [6.45, 7) is 2.78. The predicted octanol–water partition coefficient (Wildman–Crippen LogP) is 2.45. The monoisotopic (exact) mass is 321 g/mol. The Morgan fingerprint density at radius 1 is 1.23 bits per heavy atom. The number of carbonyl (C=O) groups is 2. The Morgan fingerprint density at radius 3 is 2.32 bits per heavy atom. The second kappa shape index (κ2) is 6.33. The van der Waals surface area contributed by atoms with Gasteiger partial charge in [0.2, 0.25) is 5.91 Å². The van der Waals surface area contributed by atoms with Crippen LogP contribution < -0.4 is 5.32 Å². The molecule has 0 fully saturated rings. The molecule has 0 aliphatic rings. The Bertz CT molecular complexity index is 582. The molecule has 1 aromatic carbocycles. The van der Waals surface area contributed by atoms with E-state index in [1.165, 1.54) is 13.8 Å². The second-order valence-electron chi connectivity index (χ2n) is 5.15. The molecule has 22 heavy (non-hydrogen) atoms. The topological polar surface area (TPSA) is 55.4 Å². The van der Waals surface area contributed by atoms with Gasteiger partial charge in [0.1, 0.15) is 11.4 Å². The smallest absolute Gasteiger partial charge is 0.419 e. The number of esters is 1. The number of ether oxygens (including phenoxy) is 1. The molecule has 1 rings (SSSR count). The molecule has 0 aliphatic heterocycles. The van der Waals surface area contributed by atoms with Gasteiger partial charge in [-0.15, -0.1) is 0 Å². The number of methoxy groups -OCH3 is 1. The molecule has 1 N–H and O–H groups in total. The van der Waals surface area contributed by atoms with Gasteiger partial charge in [-0.2, -0.15) is 13.2 Å². The first-order chi connectivity index (χ1) is 9.97. The van der Waals surface area contributed by atoms with Gasteiger partial charge in [0.15, 0.2) is 0 Å². The van der Waals surface area contributed by atoms with Crippen LogP contribution >= 0.6 is 0 Å². The first-order valence-corrected chi connectivity index (χ1v) is 6.22. The van der Waals surface area contributed by atoms with Gasteiger partial charge in [0.25, 0.3) is 0 Å². The molecule has 0 atom stereocenters. The van der Waals surface area contributed by atoms with Crippen molar-refractivity contribution in [3.8, 4) is 0 Å². The molecule has 0 saturated carbocycles. The van der Waals surface area contributed by atoms with Crippen LogP contribution in [0.15, 0.2) is 18.2 Å². The minimum Gasteiger partial charge on any atom is -0.467 e. The van der Waals surface area contributed by atoms with Crippen molar-refractivity contribution < 1.29 is 31.9 Å². The normalized spacial score (nSPS) is 12.0. The van der Waals surface area contributed by atoms with Crippen molar-refractivity contribution in [3.63, 3.8) is 0 Å². The molecule has 8 heteroatoms. The zero-order chi connectivity index (χ0) is 17.1. The third-order valence-electron chi connectivity index (χ3n) is 2.85. The molecule has 0 saturated heterocycles. The summed E-state index contributed by atoms with van der Waals surface area (Å²) in [4.78, 5) is 23.2. The van der Waals surface area contributed by atoms with E-state index in [1.807, 2.05) is 0 Å². The Hall–Kier alpha value is -2.12. The van der Waals surface area contributed by atoms with Gasteiger partial charge in [-0.05, 0) is 31.5 Å². The van der Waals surface area contributed by atoms with E-state index in [9.17, 15) is 27.2 Å². The number of amides is 1. The highest BCUT2D eigenvalue weighted by atomic mass is 19.4. The summed E-state index contributed by atoms with van der Waals surface area (Å²) in [5.41, 5.74) is -2.78. The molecule has 1 amide bonds. The van der Waals surface area contributed by atoms with Crippen LogP contribution in [0, 0.1) is 5.82 Å². The summed E-state index contributed by atoms with van der Waals surface area (Å²) in [5.74, 6) is -2.79. The van der Waals surface area contributed by atoms with Crippen LogP contribution in [0.3, 0.4) is 0 Å². The van der Waals surface area contributed by atoms with Crippen LogP contribution in [0.4, 0.5) is 17.6 Å². The summed E-state index contributed by atoms with van der Waals surface area (Å²) in [6, 6.07) is 2.30. The lowest BCUT2D eigenvalue weighted by atomic mass is 10.0. The van der Waals surface area contributed by atoms with Crippen molar-refractivity contribution in [1.29, 1.82) is 0 Å². The Morgan fingerprint density at radius 2 is 1.82 bits per heavy atom. The number of hydrogen-bond donors (Lipinski definition) is 1. The third kappa shape index (κ3) is 4.44. The number of hydrogen-bond acceptors (Lipinski definition) is 3. The van der Waals surface area contributed by atoms with Crippen molar-refractivity contribution in [2.75, 3.05) is 7.11 Å². The molecule has 122 valence electrons. The number of alkyl halides is 3. The number of carbonyl (C=O) groups excluding carboxylic acids is 2. The maximum Gasteiger partial charge on any atom is 0.419 e. The maximum absolute atomic E-state index is 13.1. The average molecular weight is 321 g/mol. The van der Waals surface area contributed by atoms with Crippen molar-refractivity contribution in [2.24, 2.45) is 0 Å². The van der Waals surface area contributed by atoms with Crippen LogP contribution in [0.5, 0.6) is 0 Å². The highest BCUT2D eigenvalue weighted by molar-refractivity contribution is 5.88. The van der Waals surface area contributed by atoms with Crippen LogP contribution in [0.25, 0.3) is 0 Å². The standard InChI is InChI=1S/C14H15F4NO3/c1-13(2,12(21)22-3)19-11(20)7-8-4-5-10(15)9(6-8)14(16,17)18/h4-6H,7H2,1-3H3,(H,19,20). The van der Waals surface area contributed by atoms with E-state index in [0.29, 0.717) is 12.1 Å². The molecule has 0 radical (unpaired) electrons. The molecular formula is C14H15F4NO3. The quantitative estimate of drug-likeness (QED) is 0.685. The molecule has 4 nitrogen and oxygen atoms in total. The first kappa shape index (κ1) is 17.9. The zero-order valence-corrected chi connectivity index (χ0v) is 12.2. The summed E-state index contributed by atoms with van der Waals surface area (Å²) in [6.07, 6.45) is -5.27. The lowest BCUT2D eigenvalue weighted by Gasteiger charge is -2.23. The number of nitrogens with one attached hydrogen (secondary N) is 1. The molecule has 0 aliphatic carbocycles. The van der Waals surface area contributed by atoms with Crippen molar-refractivity contribution in [1.82, 2.24) is 5.32 Å². The molecule has 0 heterocycles. The Labute approximate surface area is 124 Å². The second-order valence-corrected chi connectivity index (χ2v) is 5.15. The number of benzene rings is 1. The van der Waals surface area contributed by atoms with Crippen LogP contribution in [0.1, 0.15) is 25.0 Å². The Balaban J connectivity index is 2.88. The predicted molar refractivity (Wildman–Crippen MR) is 69.3 cm³/mol. The van der Waals surface area contributed by atoms with Gasteiger partial charge < -0.3 is 10.1 Å². The lowest BCUT2D eigenvalue weighted by molar-refractivity contribution is -0.149. The van der Waals surface area contributed by atoms with Gasteiger partial charge in [-0.25, -0.2) is 9.18 Å². The molecule has 0 unspecified atom stereocenters. The highest BCUT2D eigenvalue weighted by Gasteiger charge is 2.34. The summed E-state index contributed by atoms with van der Waals surface area (Å²) >= 11 is 0. The minimum absolute atomic E-state index is 0.0214. The van der Waals surface area contributed by atoms with E-state index in [0.717, 1.165) is 13.2 Å². The van der Waals surface area contributed by atoms with Gasteiger partial charge >= 0.3 is 12.1 Å². The fourth-order valence-electron chi connectivity index (χ4n) is 1.78. The van der Waals surface area contributed by atoms with Crippen molar-refractivity contribution in [2.45, 2.75) is 32.0 Å². The van der Waals surface area contributed by atoms with Crippen molar-refractivity contribution in [3.05, 3.63) is 35.1 Å². The highest BCUT2D eigenvalue weighted by Crippen LogP contribution is 2.31. The Kier molecular flexibility index (Phi) is 5.16. The number of halogens is 4. The van der Waals surface area contributed by atoms with E-state index >= 15 is 0 Å². The lowest BCUT2D eigenvalue weighted by Crippen LogP contribution is -2.50. The average Bonchev–Trinajstić information content (AvgIpc) is 2.37. The van der Waals surface area contributed by atoms with Gasteiger partial charge in [0, 0.05) is 0 Å². The van der Waals surface area contributed by atoms with E-state index < -0.39 is 41.4 Å². The van der Waals surface area contributed by atoms with Crippen molar-refractivity contribution >= 4 is 11.9 Å². The molecular weight excluding hydrogens is 306 g/mol. The first-order valence-electron chi connectivity index (χ1n) is 6.22. The van der Waals surface area contributed by atoms with Gasteiger partial charge in [0.05, 0.1) is 19.1 Å². The third-order valence-corrected chi connectivity index (χ3v) is 2.85. The van der Waals surface area contributed by atoms with E-state index in [4.69, 9.17) is 0 Å². The molecule has 0 bridgehead atoms. The summed E-state index contributed by atoms with van der Waals surface area (Å²) in [7, 11) is 1.14. The van der Waals surface area contributed by atoms with E-state index in [-0.39, 0.29) is 5.56 Å². The molecule has 1 aromatic rings. The van der Waals surface area contributed by atoms with E-state index in [1.54, 1.807) is 0 Å². The van der Waals surface area contributed by atoms with E-state index in [2.05, 4.69) is 10.1 Å². The van der Waals surface area contributed by atoms with Crippen LogP contribution in [0.2, 0.25) is 0 Å². The van der Waals surface area contributed by atoms with Crippen LogP contribution in [-0.4, -0.2) is 24.5 Å².